The summed E-state index contributed by atoms with van der Waals surface area (Å²) in [6.45, 7) is 5.95. The monoisotopic (exact) mass is 310 g/mol. The molecule has 0 spiro atoms. The molecule has 0 bridgehead atoms. The van der Waals surface area contributed by atoms with Gasteiger partial charge in [-0.25, -0.2) is 0 Å². The fourth-order valence-electron chi connectivity index (χ4n) is 2.79. The molecule has 0 aromatic heterocycles. The topological polar surface area (TPSA) is 52.6 Å². The minimum atomic E-state index is -0.300. The largest absolute Gasteiger partial charge is 0.393 e. The summed E-state index contributed by atoms with van der Waals surface area (Å²) in [7, 11) is 0. The third-order valence-electron chi connectivity index (χ3n) is 4.09. The maximum atomic E-state index is 12.7. The van der Waals surface area contributed by atoms with Crippen LogP contribution in [0.5, 0.6) is 0 Å². The highest BCUT2D eigenvalue weighted by Gasteiger charge is 2.27. The molecular weight excluding hydrogens is 288 g/mol. The van der Waals surface area contributed by atoms with Crippen molar-refractivity contribution in [1.82, 2.24) is 4.90 Å². The summed E-state index contributed by atoms with van der Waals surface area (Å²) in [6.07, 6.45) is 1.40. The predicted octanol–water partition coefficient (Wildman–Crippen LogP) is 3.00. The van der Waals surface area contributed by atoms with Gasteiger partial charge in [-0.1, -0.05) is 11.6 Å². The van der Waals surface area contributed by atoms with Gasteiger partial charge in [-0.05, 0) is 50.8 Å². The van der Waals surface area contributed by atoms with Crippen LogP contribution in [-0.2, 0) is 0 Å². The first-order valence-electron chi connectivity index (χ1n) is 7.53. The summed E-state index contributed by atoms with van der Waals surface area (Å²) < 4.78 is 0. The first-order chi connectivity index (χ1) is 10.0. The highest BCUT2D eigenvalue weighted by molar-refractivity contribution is 6.31. The minimum absolute atomic E-state index is 0.0116. The lowest BCUT2D eigenvalue weighted by molar-refractivity contribution is 0.0522. The maximum absolute atomic E-state index is 12.7. The number of aliphatic hydroxyl groups is 1. The van der Waals surface area contributed by atoms with Crippen LogP contribution in [0.1, 0.15) is 37.0 Å². The molecule has 1 aromatic rings. The third kappa shape index (κ3) is 3.89. The summed E-state index contributed by atoms with van der Waals surface area (Å²) in [6, 6.07) is 5.36. The van der Waals surface area contributed by atoms with Crippen molar-refractivity contribution in [3.8, 4) is 0 Å². The number of hydrogen-bond donors (Lipinski definition) is 2. The summed E-state index contributed by atoms with van der Waals surface area (Å²) in [4.78, 5) is 14.5. The molecular formula is C16H23ClN2O2. The molecule has 116 valence electrons. The number of carbonyl (C=O) groups is 1. The van der Waals surface area contributed by atoms with Crippen LogP contribution in [0, 0.1) is 5.92 Å². The lowest BCUT2D eigenvalue weighted by Gasteiger charge is -2.33. The Morgan fingerprint density at radius 1 is 1.48 bits per heavy atom. The van der Waals surface area contributed by atoms with E-state index >= 15 is 0 Å². The third-order valence-corrected chi connectivity index (χ3v) is 4.32. The van der Waals surface area contributed by atoms with Crippen LogP contribution >= 0.6 is 11.6 Å². The molecule has 0 aliphatic carbocycles. The molecule has 5 heteroatoms. The van der Waals surface area contributed by atoms with Crippen LogP contribution in [0.3, 0.4) is 0 Å². The van der Waals surface area contributed by atoms with E-state index < -0.39 is 0 Å². The van der Waals surface area contributed by atoms with Crippen LogP contribution in [0.2, 0.25) is 5.02 Å². The van der Waals surface area contributed by atoms with Crippen molar-refractivity contribution >= 4 is 23.2 Å². The van der Waals surface area contributed by atoms with E-state index in [0.717, 1.165) is 25.1 Å². The number of benzene rings is 1. The number of piperidine rings is 1. The van der Waals surface area contributed by atoms with Crippen molar-refractivity contribution in [3.63, 3.8) is 0 Å². The van der Waals surface area contributed by atoms with E-state index in [-0.39, 0.29) is 12.0 Å². The number of halogens is 1. The molecule has 21 heavy (non-hydrogen) atoms. The minimum Gasteiger partial charge on any atom is -0.393 e. The fourth-order valence-corrected chi connectivity index (χ4v) is 2.97. The Balaban J connectivity index is 2.12. The molecule has 1 unspecified atom stereocenters. The standard InChI is InChI=1S/C16H23ClN2O2/c1-3-18-15-5-4-13(17)10-14(15)16(21)19-8-6-12(7-9-19)11(2)20/h4-5,10-12,18,20H,3,6-9H2,1-2H3. The molecule has 0 saturated carbocycles. The van der Waals surface area contributed by atoms with Crippen molar-refractivity contribution < 1.29 is 9.90 Å². The number of likely N-dealkylation sites (tertiary alicyclic amines) is 1. The number of nitrogens with one attached hydrogen (secondary N) is 1. The second kappa shape index (κ2) is 7.14. The van der Waals surface area contributed by atoms with Crippen LogP contribution in [0.25, 0.3) is 0 Å². The Labute approximate surface area is 131 Å². The van der Waals surface area contributed by atoms with Gasteiger partial charge in [-0.15, -0.1) is 0 Å². The van der Waals surface area contributed by atoms with Crippen LogP contribution in [0.4, 0.5) is 5.69 Å². The molecule has 1 heterocycles. The molecule has 4 nitrogen and oxygen atoms in total. The average Bonchev–Trinajstić information content (AvgIpc) is 2.48. The van der Waals surface area contributed by atoms with E-state index in [2.05, 4.69) is 5.32 Å². The average molecular weight is 311 g/mol. The Morgan fingerprint density at radius 2 is 2.14 bits per heavy atom. The van der Waals surface area contributed by atoms with Gasteiger partial charge in [0.1, 0.15) is 0 Å². The second-order valence-corrected chi connectivity index (χ2v) is 6.03. The smallest absolute Gasteiger partial charge is 0.256 e. The van der Waals surface area contributed by atoms with Crippen molar-refractivity contribution in [3.05, 3.63) is 28.8 Å². The van der Waals surface area contributed by atoms with Crippen molar-refractivity contribution in [1.29, 1.82) is 0 Å². The Morgan fingerprint density at radius 3 is 2.71 bits per heavy atom. The van der Waals surface area contributed by atoms with Crippen molar-refractivity contribution in [2.45, 2.75) is 32.8 Å². The number of hydrogen-bond acceptors (Lipinski definition) is 3. The van der Waals surface area contributed by atoms with Gasteiger partial charge in [0.25, 0.3) is 5.91 Å². The number of rotatable bonds is 4. The van der Waals surface area contributed by atoms with E-state index in [1.165, 1.54) is 0 Å². The molecule has 1 atom stereocenters. The van der Waals surface area contributed by atoms with E-state index in [4.69, 9.17) is 11.6 Å². The molecule has 1 fully saturated rings. The SMILES string of the molecule is CCNc1ccc(Cl)cc1C(=O)N1CCC(C(C)O)CC1. The van der Waals surface area contributed by atoms with Gasteiger partial charge in [0, 0.05) is 30.3 Å². The zero-order chi connectivity index (χ0) is 15.4. The quantitative estimate of drug-likeness (QED) is 0.899. The van der Waals surface area contributed by atoms with E-state index in [9.17, 15) is 9.90 Å². The van der Waals surface area contributed by atoms with E-state index in [1.807, 2.05) is 24.8 Å². The number of carbonyl (C=O) groups excluding carboxylic acids is 1. The zero-order valence-corrected chi connectivity index (χ0v) is 13.4. The first-order valence-corrected chi connectivity index (χ1v) is 7.91. The summed E-state index contributed by atoms with van der Waals surface area (Å²) in [5.74, 6) is 0.305. The molecule has 1 saturated heterocycles. The summed E-state index contributed by atoms with van der Waals surface area (Å²) in [5, 5.41) is 13.4. The van der Waals surface area contributed by atoms with Crippen LogP contribution in [-0.4, -0.2) is 41.7 Å². The van der Waals surface area contributed by atoms with E-state index in [0.29, 0.717) is 29.6 Å². The first kappa shape index (κ1) is 16.1. The highest BCUT2D eigenvalue weighted by atomic mass is 35.5. The van der Waals surface area contributed by atoms with Gasteiger partial charge in [0.05, 0.1) is 11.7 Å². The molecule has 2 N–H and O–H groups in total. The Kier molecular flexibility index (Phi) is 5.48. The lowest BCUT2D eigenvalue weighted by Crippen LogP contribution is -2.41. The van der Waals surface area contributed by atoms with Gasteiger partial charge in [0.15, 0.2) is 0 Å². The number of amides is 1. The molecule has 1 aliphatic rings. The van der Waals surface area contributed by atoms with Gasteiger partial charge < -0.3 is 15.3 Å². The summed E-state index contributed by atoms with van der Waals surface area (Å²) in [5.41, 5.74) is 1.45. The maximum Gasteiger partial charge on any atom is 0.256 e. The highest BCUT2D eigenvalue weighted by Crippen LogP contribution is 2.26. The fraction of sp³-hybridized carbons (Fsp3) is 0.562. The number of nitrogens with zero attached hydrogens (tertiary/aromatic N) is 1. The van der Waals surface area contributed by atoms with Gasteiger partial charge >= 0.3 is 0 Å². The zero-order valence-electron chi connectivity index (χ0n) is 12.6. The summed E-state index contributed by atoms with van der Waals surface area (Å²) >= 11 is 6.03. The van der Waals surface area contributed by atoms with Gasteiger partial charge in [-0.2, -0.15) is 0 Å². The van der Waals surface area contributed by atoms with E-state index in [1.54, 1.807) is 12.1 Å². The van der Waals surface area contributed by atoms with Gasteiger partial charge in [-0.3, -0.25) is 4.79 Å². The Bertz CT molecular complexity index is 497. The Hall–Kier alpha value is -1.26. The molecule has 1 amide bonds. The normalized spacial score (nSPS) is 17.6. The molecule has 2 rings (SSSR count). The van der Waals surface area contributed by atoms with Crippen LogP contribution < -0.4 is 5.32 Å². The lowest BCUT2D eigenvalue weighted by atomic mass is 9.92. The number of anilines is 1. The second-order valence-electron chi connectivity index (χ2n) is 5.59. The predicted molar refractivity (Wildman–Crippen MR) is 85.9 cm³/mol. The molecule has 1 aliphatic heterocycles. The van der Waals surface area contributed by atoms with Gasteiger partial charge in [0.2, 0.25) is 0 Å². The number of aliphatic hydroxyl groups excluding tert-OH is 1. The van der Waals surface area contributed by atoms with Crippen molar-refractivity contribution in [2.24, 2.45) is 5.92 Å². The van der Waals surface area contributed by atoms with Crippen molar-refractivity contribution in [2.75, 3.05) is 25.0 Å². The molecule has 1 aromatic carbocycles. The molecule has 0 radical (unpaired) electrons. The van der Waals surface area contributed by atoms with Crippen LogP contribution in [0.15, 0.2) is 18.2 Å².